The summed E-state index contributed by atoms with van der Waals surface area (Å²) in [6.07, 6.45) is 0.329. The third-order valence-electron chi connectivity index (χ3n) is 3.33. The summed E-state index contributed by atoms with van der Waals surface area (Å²) in [4.78, 5) is 25.3. The molecule has 1 atom stereocenters. The Kier molecular flexibility index (Phi) is 6.31. The van der Waals surface area contributed by atoms with Gasteiger partial charge in [-0.05, 0) is 30.6 Å². The van der Waals surface area contributed by atoms with Crippen LogP contribution in [0.4, 0.5) is 11.4 Å². The van der Waals surface area contributed by atoms with E-state index in [9.17, 15) is 9.59 Å². The first-order valence-electron chi connectivity index (χ1n) is 7.47. The zero-order chi connectivity index (χ0) is 16.7. The third kappa shape index (κ3) is 5.19. The van der Waals surface area contributed by atoms with Crippen molar-refractivity contribution in [3.63, 3.8) is 0 Å². The molecule has 0 spiro atoms. The van der Waals surface area contributed by atoms with E-state index in [1.54, 1.807) is 23.5 Å². The molecule has 0 aliphatic rings. The molecule has 2 aromatic rings. The number of hydrogen-bond acceptors (Lipinski definition) is 4. The molecular weight excluding hydrogens is 310 g/mol. The van der Waals surface area contributed by atoms with E-state index in [2.05, 4.69) is 16.0 Å². The second-order valence-corrected chi connectivity index (χ2v) is 6.33. The lowest BCUT2D eigenvalue weighted by molar-refractivity contribution is -0.119. The van der Waals surface area contributed by atoms with Gasteiger partial charge in [-0.1, -0.05) is 25.1 Å². The normalized spacial score (nSPS) is 11.7. The van der Waals surface area contributed by atoms with E-state index < -0.39 is 0 Å². The molecule has 0 bridgehead atoms. The lowest BCUT2D eigenvalue weighted by Gasteiger charge is -2.15. The van der Waals surface area contributed by atoms with Gasteiger partial charge in [-0.25, -0.2) is 0 Å². The molecule has 6 heteroatoms. The highest BCUT2D eigenvalue weighted by atomic mass is 32.1. The summed E-state index contributed by atoms with van der Waals surface area (Å²) in [6, 6.07) is 11.1. The Bertz CT molecular complexity index is 656. The molecule has 1 unspecified atom stereocenters. The Hall–Kier alpha value is -2.18. The van der Waals surface area contributed by atoms with Crippen molar-refractivity contribution >= 4 is 34.5 Å². The SMILES string of the molecule is CNCC(C)C(=O)Nc1ccccc1NC(=O)Cc1cccs1. The number of nitrogens with one attached hydrogen (secondary N) is 3. The zero-order valence-electron chi connectivity index (χ0n) is 13.3. The van der Waals surface area contributed by atoms with Gasteiger partial charge in [0.25, 0.3) is 0 Å². The summed E-state index contributed by atoms with van der Waals surface area (Å²) in [5.41, 5.74) is 1.22. The van der Waals surface area contributed by atoms with Gasteiger partial charge in [0.2, 0.25) is 11.8 Å². The second-order valence-electron chi connectivity index (χ2n) is 5.30. The molecule has 0 saturated heterocycles. The van der Waals surface area contributed by atoms with E-state index in [-0.39, 0.29) is 17.7 Å². The maximum atomic E-state index is 12.1. The molecule has 0 radical (unpaired) electrons. The Morgan fingerprint density at radius 2 is 1.78 bits per heavy atom. The molecule has 0 aliphatic heterocycles. The Labute approximate surface area is 140 Å². The van der Waals surface area contributed by atoms with Crippen LogP contribution in [-0.2, 0) is 16.0 Å². The van der Waals surface area contributed by atoms with Gasteiger partial charge in [-0.2, -0.15) is 0 Å². The molecule has 2 rings (SSSR count). The Morgan fingerprint density at radius 3 is 2.39 bits per heavy atom. The van der Waals surface area contributed by atoms with Gasteiger partial charge in [0, 0.05) is 17.3 Å². The number of para-hydroxylation sites is 2. The zero-order valence-corrected chi connectivity index (χ0v) is 14.1. The topological polar surface area (TPSA) is 70.2 Å². The summed E-state index contributed by atoms with van der Waals surface area (Å²) in [7, 11) is 1.81. The van der Waals surface area contributed by atoms with Crippen LogP contribution in [0.5, 0.6) is 0 Å². The van der Waals surface area contributed by atoms with Crippen LogP contribution in [0.1, 0.15) is 11.8 Å². The standard InChI is InChI=1S/C17H21N3O2S/c1-12(11-18-2)17(22)20-15-8-4-3-7-14(15)19-16(21)10-13-6-5-9-23-13/h3-9,12,18H,10-11H2,1-2H3,(H,19,21)(H,20,22). The van der Waals surface area contributed by atoms with Crippen molar-refractivity contribution in [2.75, 3.05) is 24.2 Å². The average molecular weight is 331 g/mol. The van der Waals surface area contributed by atoms with Crippen LogP contribution in [0.2, 0.25) is 0 Å². The summed E-state index contributed by atoms with van der Waals surface area (Å²) in [5, 5.41) is 10.7. The van der Waals surface area contributed by atoms with Crippen molar-refractivity contribution in [1.82, 2.24) is 5.32 Å². The maximum Gasteiger partial charge on any atom is 0.229 e. The van der Waals surface area contributed by atoms with E-state index in [0.29, 0.717) is 24.3 Å². The van der Waals surface area contributed by atoms with Crippen molar-refractivity contribution < 1.29 is 9.59 Å². The molecule has 0 aliphatic carbocycles. The van der Waals surface area contributed by atoms with Crippen LogP contribution in [-0.4, -0.2) is 25.4 Å². The van der Waals surface area contributed by atoms with Crippen molar-refractivity contribution in [3.8, 4) is 0 Å². The molecule has 0 fully saturated rings. The Balaban J connectivity index is 2.02. The summed E-state index contributed by atoms with van der Waals surface area (Å²) < 4.78 is 0. The van der Waals surface area contributed by atoms with Crippen LogP contribution in [0, 0.1) is 5.92 Å². The first-order valence-corrected chi connectivity index (χ1v) is 8.35. The smallest absolute Gasteiger partial charge is 0.229 e. The van der Waals surface area contributed by atoms with Crippen LogP contribution < -0.4 is 16.0 Å². The Morgan fingerprint density at radius 1 is 1.09 bits per heavy atom. The monoisotopic (exact) mass is 331 g/mol. The predicted octanol–water partition coefficient (Wildman–Crippen LogP) is 2.72. The largest absolute Gasteiger partial charge is 0.324 e. The van der Waals surface area contributed by atoms with E-state index in [0.717, 1.165) is 4.88 Å². The molecular formula is C17H21N3O2S. The molecule has 0 saturated carbocycles. The molecule has 1 heterocycles. The molecule has 1 aromatic carbocycles. The van der Waals surface area contributed by atoms with Gasteiger partial charge in [0.05, 0.1) is 17.8 Å². The number of amides is 2. The first kappa shape index (κ1) is 17.2. The summed E-state index contributed by atoms with van der Waals surface area (Å²) >= 11 is 1.55. The van der Waals surface area contributed by atoms with Crippen LogP contribution >= 0.6 is 11.3 Å². The number of thiophene rings is 1. The average Bonchev–Trinajstić information content (AvgIpc) is 3.02. The maximum absolute atomic E-state index is 12.1. The third-order valence-corrected chi connectivity index (χ3v) is 4.21. The van der Waals surface area contributed by atoms with Gasteiger partial charge < -0.3 is 16.0 Å². The molecule has 23 heavy (non-hydrogen) atoms. The number of benzene rings is 1. The molecule has 122 valence electrons. The van der Waals surface area contributed by atoms with Crippen molar-refractivity contribution in [2.24, 2.45) is 5.92 Å². The minimum absolute atomic E-state index is 0.0840. The van der Waals surface area contributed by atoms with Gasteiger partial charge in [-0.15, -0.1) is 11.3 Å². The number of hydrogen-bond donors (Lipinski definition) is 3. The van der Waals surface area contributed by atoms with Crippen molar-refractivity contribution in [1.29, 1.82) is 0 Å². The van der Waals surface area contributed by atoms with Gasteiger partial charge in [0.15, 0.2) is 0 Å². The van der Waals surface area contributed by atoms with Crippen molar-refractivity contribution in [3.05, 3.63) is 46.7 Å². The number of carbonyl (C=O) groups is 2. The van der Waals surface area contributed by atoms with E-state index in [4.69, 9.17) is 0 Å². The van der Waals surface area contributed by atoms with Crippen LogP contribution in [0.3, 0.4) is 0 Å². The lowest BCUT2D eigenvalue weighted by atomic mass is 10.1. The highest BCUT2D eigenvalue weighted by Crippen LogP contribution is 2.22. The summed E-state index contributed by atoms with van der Waals surface area (Å²) in [5.74, 6) is -0.341. The van der Waals surface area contributed by atoms with Gasteiger partial charge >= 0.3 is 0 Å². The fraction of sp³-hybridized carbons (Fsp3) is 0.294. The van der Waals surface area contributed by atoms with E-state index >= 15 is 0 Å². The quantitative estimate of drug-likeness (QED) is 0.730. The fourth-order valence-corrected chi connectivity index (χ4v) is 2.83. The minimum atomic E-state index is -0.158. The minimum Gasteiger partial charge on any atom is -0.324 e. The number of rotatable bonds is 7. The van der Waals surface area contributed by atoms with E-state index in [1.807, 2.05) is 43.6 Å². The summed E-state index contributed by atoms with van der Waals surface area (Å²) in [6.45, 7) is 2.45. The number of anilines is 2. The predicted molar refractivity (Wildman–Crippen MR) is 94.8 cm³/mol. The van der Waals surface area contributed by atoms with Gasteiger partial charge in [0.1, 0.15) is 0 Å². The second kappa shape index (κ2) is 8.45. The highest BCUT2D eigenvalue weighted by Gasteiger charge is 2.14. The molecule has 1 aromatic heterocycles. The molecule has 5 nitrogen and oxygen atoms in total. The van der Waals surface area contributed by atoms with Crippen LogP contribution in [0.15, 0.2) is 41.8 Å². The van der Waals surface area contributed by atoms with Gasteiger partial charge in [-0.3, -0.25) is 9.59 Å². The fourth-order valence-electron chi connectivity index (χ4n) is 2.12. The van der Waals surface area contributed by atoms with Crippen LogP contribution in [0.25, 0.3) is 0 Å². The highest BCUT2D eigenvalue weighted by molar-refractivity contribution is 7.10. The van der Waals surface area contributed by atoms with Crippen molar-refractivity contribution in [2.45, 2.75) is 13.3 Å². The lowest BCUT2D eigenvalue weighted by Crippen LogP contribution is -2.29. The molecule has 3 N–H and O–H groups in total. The molecule has 2 amide bonds. The number of carbonyl (C=O) groups excluding carboxylic acids is 2. The first-order chi connectivity index (χ1) is 11.1. The van der Waals surface area contributed by atoms with E-state index in [1.165, 1.54) is 0 Å².